The highest BCUT2D eigenvalue weighted by Gasteiger charge is 2.37. The molecule has 0 amide bonds. The van der Waals surface area contributed by atoms with Crippen LogP contribution in [0.15, 0.2) is 36.4 Å². The van der Waals surface area contributed by atoms with Crippen molar-refractivity contribution in [1.82, 2.24) is 0 Å². The van der Waals surface area contributed by atoms with Crippen LogP contribution in [0.25, 0.3) is 0 Å². The van der Waals surface area contributed by atoms with Crippen molar-refractivity contribution in [2.75, 3.05) is 0 Å². The molecule has 3 rings (SSSR count). The van der Waals surface area contributed by atoms with Crippen LogP contribution in [-0.2, 0) is 5.41 Å². The molecule has 2 aromatic rings. The lowest BCUT2D eigenvalue weighted by atomic mass is 9.70. The molecule has 1 heterocycles. The Morgan fingerprint density at radius 1 is 0.731 bits per heavy atom. The van der Waals surface area contributed by atoms with Crippen molar-refractivity contribution < 1.29 is 4.74 Å². The summed E-state index contributed by atoms with van der Waals surface area (Å²) in [6, 6.07) is 13.3. The van der Waals surface area contributed by atoms with Gasteiger partial charge in [0.2, 0.25) is 0 Å². The molecule has 0 bridgehead atoms. The molecule has 0 saturated heterocycles. The Balaban J connectivity index is 1.80. The first kappa shape index (κ1) is 19.0. The minimum Gasteiger partial charge on any atom is -0.457 e. The lowest BCUT2D eigenvalue weighted by molar-refractivity contribution is 0.381. The summed E-state index contributed by atoms with van der Waals surface area (Å²) in [7, 11) is 0. The summed E-state index contributed by atoms with van der Waals surface area (Å²) in [5.74, 6) is 2.08. The fraction of sp³-hybridized carbons (Fsp3) is 0.520. The number of ether oxygens (including phenoxy) is 1. The highest BCUT2D eigenvalue weighted by Crippen LogP contribution is 2.50. The van der Waals surface area contributed by atoms with E-state index in [9.17, 15) is 0 Å². The fourth-order valence-electron chi connectivity index (χ4n) is 4.30. The molecule has 2 aromatic carbocycles. The predicted molar refractivity (Wildman–Crippen MR) is 111 cm³/mol. The molecule has 140 valence electrons. The first-order chi connectivity index (χ1) is 12.5. The maximum absolute atomic E-state index is 6.25. The van der Waals surface area contributed by atoms with Gasteiger partial charge in [0.1, 0.15) is 11.5 Å². The monoisotopic (exact) mass is 350 g/mol. The maximum Gasteiger partial charge on any atom is 0.131 e. The van der Waals surface area contributed by atoms with Crippen molar-refractivity contribution in [3.63, 3.8) is 0 Å². The van der Waals surface area contributed by atoms with Crippen LogP contribution in [0.5, 0.6) is 11.5 Å². The first-order valence-electron chi connectivity index (χ1n) is 10.4. The summed E-state index contributed by atoms with van der Waals surface area (Å²) in [4.78, 5) is 0. The lowest BCUT2D eigenvalue weighted by Crippen LogP contribution is -2.28. The molecule has 1 aliphatic heterocycles. The van der Waals surface area contributed by atoms with E-state index in [-0.39, 0.29) is 5.41 Å². The van der Waals surface area contributed by atoms with E-state index in [0.29, 0.717) is 0 Å². The summed E-state index contributed by atoms with van der Waals surface area (Å²) >= 11 is 0. The molecule has 1 nitrogen and oxygen atoms in total. The van der Waals surface area contributed by atoms with Crippen molar-refractivity contribution in [1.29, 1.82) is 0 Å². The van der Waals surface area contributed by atoms with E-state index < -0.39 is 0 Å². The number of aryl methyl sites for hydroxylation is 2. The van der Waals surface area contributed by atoms with Crippen LogP contribution in [0.4, 0.5) is 0 Å². The third-order valence-corrected chi connectivity index (χ3v) is 5.96. The van der Waals surface area contributed by atoms with Gasteiger partial charge in [0.15, 0.2) is 0 Å². The molecule has 0 aliphatic carbocycles. The minimum atomic E-state index is 0.0460. The van der Waals surface area contributed by atoms with E-state index in [1.165, 1.54) is 73.6 Å². The van der Waals surface area contributed by atoms with Gasteiger partial charge in [-0.05, 0) is 32.4 Å². The molecule has 0 fully saturated rings. The number of hydrogen-bond donors (Lipinski definition) is 0. The van der Waals surface area contributed by atoms with E-state index in [2.05, 4.69) is 64.1 Å². The molecule has 26 heavy (non-hydrogen) atoms. The molecule has 0 spiro atoms. The summed E-state index contributed by atoms with van der Waals surface area (Å²) in [5.41, 5.74) is 5.40. The average molecular weight is 351 g/mol. The highest BCUT2D eigenvalue weighted by atomic mass is 16.5. The van der Waals surface area contributed by atoms with Crippen LogP contribution in [0, 0.1) is 13.8 Å². The largest absolute Gasteiger partial charge is 0.457 e. The average Bonchev–Trinajstić information content (AvgIpc) is 2.63. The molecule has 0 radical (unpaired) electrons. The van der Waals surface area contributed by atoms with Crippen molar-refractivity contribution in [3.8, 4) is 11.5 Å². The Morgan fingerprint density at radius 2 is 1.23 bits per heavy atom. The molecule has 0 unspecified atom stereocenters. The van der Waals surface area contributed by atoms with Gasteiger partial charge >= 0.3 is 0 Å². The molecular formula is C25H34O. The van der Waals surface area contributed by atoms with Crippen molar-refractivity contribution >= 4 is 0 Å². The Kier molecular flexibility index (Phi) is 6.06. The minimum absolute atomic E-state index is 0.0460. The van der Waals surface area contributed by atoms with E-state index in [1.807, 2.05) is 0 Å². The molecule has 0 N–H and O–H groups in total. The van der Waals surface area contributed by atoms with Crippen LogP contribution in [0.1, 0.15) is 87.5 Å². The predicted octanol–water partition coefficient (Wildman–Crippen LogP) is 7.86. The first-order valence-corrected chi connectivity index (χ1v) is 10.4. The van der Waals surface area contributed by atoms with Gasteiger partial charge in [-0.15, -0.1) is 0 Å². The standard InChI is InChI=1S/C25H34O/c1-5-6-7-8-9-10-11-16-25(4)21-17-19(2)12-14-23(21)26-24-15-13-20(3)18-22(24)25/h12-15,17-18H,5-11,16H2,1-4H3. The molecular weight excluding hydrogens is 316 g/mol. The van der Waals surface area contributed by atoms with Gasteiger partial charge in [-0.3, -0.25) is 0 Å². The fourth-order valence-corrected chi connectivity index (χ4v) is 4.30. The van der Waals surface area contributed by atoms with E-state index in [4.69, 9.17) is 4.74 Å². The molecule has 0 atom stereocenters. The van der Waals surface area contributed by atoms with Crippen molar-refractivity contribution in [3.05, 3.63) is 58.7 Å². The summed E-state index contributed by atoms with van der Waals surface area (Å²) < 4.78 is 6.25. The summed E-state index contributed by atoms with van der Waals surface area (Å²) in [6.45, 7) is 9.06. The van der Waals surface area contributed by atoms with Gasteiger partial charge in [0.05, 0.1) is 0 Å². The van der Waals surface area contributed by atoms with Crippen LogP contribution in [0.2, 0.25) is 0 Å². The van der Waals surface area contributed by atoms with Gasteiger partial charge < -0.3 is 4.74 Å². The topological polar surface area (TPSA) is 9.23 Å². The third kappa shape index (κ3) is 3.98. The Hall–Kier alpha value is -1.76. The van der Waals surface area contributed by atoms with Crippen LogP contribution < -0.4 is 4.74 Å². The van der Waals surface area contributed by atoms with E-state index in [1.54, 1.807) is 0 Å². The molecule has 0 aromatic heterocycles. The SMILES string of the molecule is CCCCCCCCCC1(C)c2cc(C)ccc2Oc2ccc(C)cc21. The maximum atomic E-state index is 6.25. The third-order valence-electron chi connectivity index (χ3n) is 5.96. The van der Waals surface area contributed by atoms with Crippen molar-refractivity contribution in [2.45, 2.75) is 84.5 Å². The number of benzene rings is 2. The van der Waals surface area contributed by atoms with Crippen LogP contribution in [-0.4, -0.2) is 0 Å². The number of rotatable bonds is 8. The number of unbranched alkanes of at least 4 members (excludes halogenated alkanes) is 6. The lowest BCUT2D eigenvalue weighted by Gasteiger charge is -2.38. The van der Waals surface area contributed by atoms with E-state index in [0.717, 1.165) is 11.5 Å². The zero-order valence-corrected chi connectivity index (χ0v) is 17.0. The molecule has 0 saturated carbocycles. The van der Waals surface area contributed by atoms with Crippen LogP contribution in [0.3, 0.4) is 0 Å². The summed E-state index contributed by atoms with van der Waals surface area (Å²) in [6.07, 6.45) is 10.7. The Bertz CT molecular complexity index is 692. The highest BCUT2D eigenvalue weighted by molar-refractivity contribution is 5.58. The normalized spacial score (nSPS) is 14.5. The van der Waals surface area contributed by atoms with E-state index >= 15 is 0 Å². The zero-order chi connectivity index (χ0) is 18.6. The van der Waals surface area contributed by atoms with Gasteiger partial charge in [0, 0.05) is 16.5 Å². The molecule has 1 heteroatoms. The second-order valence-electron chi connectivity index (χ2n) is 8.30. The summed E-state index contributed by atoms with van der Waals surface area (Å²) in [5, 5.41) is 0. The second kappa shape index (κ2) is 8.29. The Morgan fingerprint density at radius 3 is 1.77 bits per heavy atom. The quantitative estimate of drug-likeness (QED) is 0.440. The van der Waals surface area contributed by atoms with Crippen molar-refractivity contribution in [2.24, 2.45) is 0 Å². The smallest absolute Gasteiger partial charge is 0.131 e. The second-order valence-corrected chi connectivity index (χ2v) is 8.30. The van der Waals surface area contributed by atoms with Gasteiger partial charge in [0.25, 0.3) is 0 Å². The molecule has 1 aliphatic rings. The number of hydrogen-bond acceptors (Lipinski definition) is 1. The Labute approximate surface area is 159 Å². The van der Waals surface area contributed by atoms with Gasteiger partial charge in [-0.1, -0.05) is 94.2 Å². The van der Waals surface area contributed by atoms with Crippen LogP contribution >= 0.6 is 0 Å². The van der Waals surface area contributed by atoms with Gasteiger partial charge in [-0.2, -0.15) is 0 Å². The zero-order valence-electron chi connectivity index (χ0n) is 17.0. The number of fused-ring (bicyclic) bond motifs is 2. The van der Waals surface area contributed by atoms with Gasteiger partial charge in [-0.25, -0.2) is 0 Å².